The van der Waals surface area contributed by atoms with Crippen LogP contribution in [0.5, 0.6) is 5.75 Å². The number of aromatic nitrogens is 2. The molecule has 4 aromatic rings. The fraction of sp³-hybridized carbons (Fsp3) is 0.429. The van der Waals surface area contributed by atoms with Crippen LogP contribution in [0, 0.1) is 5.41 Å². The van der Waals surface area contributed by atoms with Crippen LogP contribution in [0.4, 0.5) is 5.69 Å². The van der Waals surface area contributed by atoms with E-state index in [0.29, 0.717) is 48.3 Å². The summed E-state index contributed by atoms with van der Waals surface area (Å²) >= 11 is 0. The van der Waals surface area contributed by atoms with Crippen LogP contribution < -0.4 is 9.64 Å². The standard InChI is InChI=1S/C35H39N5O5S/c1-4-46(42,43)40-21-34(22-40)19-35(20-34)30-27(38(2)33(35)41)17-36-32-29(30)28(24-9-11-26(44-3)12-10-24)31(37-32)25-7-5-23(6-8-25)18-39-13-15-45-16-14-39/h5-12,17H,4,13-16,18-22H2,1-3H3,(H,36,37)/i2D3. The van der Waals surface area contributed by atoms with Gasteiger partial charge in [0.2, 0.25) is 15.9 Å². The summed E-state index contributed by atoms with van der Waals surface area (Å²) in [5, 5.41) is 0.711. The van der Waals surface area contributed by atoms with Crippen LogP contribution in [0.1, 0.15) is 35.0 Å². The number of benzene rings is 2. The Balaban J connectivity index is 1.27. The summed E-state index contributed by atoms with van der Waals surface area (Å²) in [7, 11) is -1.75. The molecular weight excluding hydrogens is 602 g/mol. The number of hydrogen-bond donors (Lipinski definition) is 1. The number of carbonyl (C=O) groups excluding carboxylic acids is 1. The van der Waals surface area contributed by atoms with Gasteiger partial charge in [0.15, 0.2) is 0 Å². The van der Waals surface area contributed by atoms with Crippen molar-refractivity contribution in [3.05, 3.63) is 65.9 Å². The summed E-state index contributed by atoms with van der Waals surface area (Å²) in [4.78, 5) is 26.0. The van der Waals surface area contributed by atoms with E-state index >= 15 is 0 Å². The molecule has 4 aliphatic rings. The number of morpholine rings is 1. The first-order valence-corrected chi connectivity index (χ1v) is 17.4. The molecule has 3 fully saturated rings. The monoisotopic (exact) mass is 644 g/mol. The number of sulfonamides is 1. The van der Waals surface area contributed by atoms with Crippen molar-refractivity contribution in [3.8, 4) is 28.1 Å². The molecular formula is C35H39N5O5S. The van der Waals surface area contributed by atoms with Crippen molar-refractivity contribution in [2.45, 2.75) is 31.7 Å². The number of amides is 1. The van der Waals surface area contributed by atoms with E-state index in [2.05, 4.69) is 34.1 Å². The molecule has 8 rings (SSSR count). The number of anilines is 1. The van der Waals surface area contributed by atoms with Crippen LogP contribution in [0.15, 0.2) is 54.7 Å². The van der Waals surface area contributed by atoms with Crippen molar-refractivity contribution in [2.75, 3.05) is 64.1 Å². The lowest BCUT2D eigenvalue weighted by molar-refractivity contribution is -0.139. The second-order valence-electron chi connectivity index (χ2n) is 13.2. The molecule has 46 heavy (non-hydrogen) atoms. The first-order chi connectivity index (χ1) is 23.4. The number of H-pyrrole nitrogens is 1. The lowest BCUT2D eigenvalue weighted by Crippen LogP contribution is -2.69. The second kappa shape index (κ2) is 10.6. The van der Waals surface area contributed by atoms with Gasteiger partial charge in [0.1, 0.15) is 11.4 Å². The molecule has 2 spiro atoms. The van der Waals surface area contributed by atoms with Gasteiger partial charge in [0.25, 0.3) is 0 Å². The number of hydrogen-bond acceptors (Lipinski definition) is 7. The van der Waals surface area contributed by atoms with Crippen molar-refractivity contribution in [2.24, 2.45) is 5.41 Å². The van der Waals surface area contributed by atoms with Gasteiger partial charge in [0.05, 0.1) is 49.1 Å². The number of carbonyl (C=O) groups is 1. The van der Waals surface area contributed by atoms with E-state index in [-0.39, 0.29) is 16.9 Å². The zero-order valence-corrected chi connectivity index (χ0v) is 26.8. The van der Waals surface area contributed by atoms with Gasteiger partial charge >= 0.3 is 0 Å². The van der Waals surface area contributed by atoms with Gasteiger partial charge < -0.3 is 19.4 Å². The third-order valence-corrected chi connectivity index (χ3v) is 12.2. The molecule has 10 nitrogen and oxygen atoms in total. The van der Waals surface area contributed by atoms with E-state index < -0.39 is 28.3 Å². The maximum Gasteiger partial charge on any atom is 0.237 e. The molecule has 0 atom stereocenters. The molecule has 1 saturated carbocycles. The number of fused-ring (bicyclic) bond motifs is 4. The molecule has 1 aliphatic carbocycles. The Kier molecular flexibility index (Phi) is 6.08. The molecule has 1 N–H and O–H groups in total. The maximum atomic E-state index is 14.4. The lowest BCUT2D eigenvalue weighted by atomic mass is 9.48. The molecule has 3 aliphatic heterocycles. The number of nitrogens with zero attached hydrogens (tertiary/aromatic N) is 4. The summed E-state index contributed by atoms with van der Waals surface area (Å²) in [5.41, 5.74) is 4.61. The Hall–Kier alpha value is -3.77. The highest BCUT2D eigenvalue weighted by Crippen LogP contribution is 2.66. The maximum absolute atomic E-state index is 14.4. The molecule has 11 heteroatoms. The Labute approximate surface area is 273 Å². The van der Waals surface area contributed by atoms with E-state index in [4.69, 9.17) is 18.6 Å². The van der Waals surface area contributed by atoms with Crippen molar-refractivity contribution in [3.63, 3.8) is 0 Å². The van der Waals surface area contributed by atoms with Gasteiger partial charge in [-0.2, -0.15) is 0 Å². The highest BCUT2D eigenvalue weighted by molar-refractivity contribution is 7.89. The molecule has 2 saturated heterocycles. The fourth-order valence-corrected chi connectivity index (χ4v) is 9.45. The van der Waals surface area contributed by atoms with Crippen molar-refractivity contribution < 1.29 is 26.8 Å². The van der Waals surface area contributed by atoms with Gasteiger partial charge in [-0.15, -0.1) is 0 Å². The van der Waals surface area contributed by atoms with Gasteiger partial charge in [-0.25, -0.2) is 17.7 Å². The van der Waals surface area contributed by atoms with Crippen molar-refractivity contribution >= 4 is 32.7 Å². The molecule has 5 heterocycles. The number of aromatic amines is 1. The summed E-state index contributed by atoms with van der Waals surface area (Å²) in [6.07, 6.45) is 2.23. The van der Waals surface area contributed by atoms with Crippen LogP contribution in [0.2, 0.25) is 0 Å². The molecule has 1 amide bonds. The molecule has 2 aromatic carbocycles. The fourth-order valence-electron chi connectivity index (χ4n) is 8.15. The van der Waals surface area contributed by atoms with E-state index in [1.54, 1.807) is 14.0 Å². The molecule has 2 aromatic heterocycles. The van der Waals surface area contributed by atoms with E-state index in [1.165, 1.54) is 16.1 Å². The zero-order valence-electron chi connectivity index (χ0n) is 29.0. The first kappa shape index (κ1) is 26.3. The summed E-state index contributed by atoms with van der Waals surface area (Å²) < 4.78 is 62.8. The smallest absolute Gasteiger partial charge is 0.237 e. The van der Waals surface area contributed by atoms with Crippen LogP contribution in [0.25, 0.3) is 33.4 Å². The topological polar surface area (TPSA) is 108 Å². The summed E-state index contributed by atoms with van der Waals surface area (Å²) in [5.74, 6) is 0.231. The summed E-state index contributed by atoms with van der Waals surface area (Å²) in [6, 6.07) is 16.1. The van der Waals surface area contributed by atoms with E-state index in [9.17, 15) is 13.2 Å². The largest absolute Gasteiger partial charge is 0.497 e. The number of pyridine rings is 1. The normalized spacial score (nSPS) is 21.9. The Morgan fingerprint density at radius 3 is 2.39 bits per heavy atom. The van der Waals surface area contributed by atoms with Crippen molar-refractivity contribution in [1.29, 1.82) is 0 Å². The Bertz CT molecular complexity index is 2040. The molecule has 240 valence electrons. The van der Waals surface area contributed by atoms with Crippen LogP contribution in [-0.4, -0.2) is 92.7 Å². The minimum atomic E-state index is -3.36. The molecule has 0 radical (unpaired) electrons. The predicted molar refractivity (Wildman–Crippen MR) is 177 cm³/mol. The van der Waals surface area contributed by atoms with Crippen molar-refractivity contribution in [1.82, 2.24) is 19.2 Å². The minimum Gasteiger partial charge on any atom is -0.497 e. The van der Waals surface area contributed by atoms with Gasteiger partial charge in [-0.1, -0.05) is 36.4 Å². The highest BCUT2D eigenvalue weighted by atomic mass is 32.2. The number of methoxy groups -OCH3 is 1. The van der Waals surface area contributed by atoms with Crippen LogP contribution in [0.3, 0.4) is 0 Å². The average molecular weight is 645 g/mol. The van der Waals surface area contributed by atoms with Crippen LogP contribution >= 0.6 is 0 Å². The third-order valence-electron chi connectivity index (χ3n) is 10.4. The first-order valence-electron chi connectivity index (χ1n) is 17.3. The SMILES string of the molecule is [2H]C([2H])([2H])N1C(=O)C2(CC3(CN(S(=O)(=O)CC)C3)C2)c2c1cnc1[nH]c(-c3ccc(CN4CCOCC4)cc3)c(-c3ccc(OC)cc3)c21. The predicted octanol–water partition coefficient (Wildman–Crippen LogP) is 4.40. The Morgan fingerprint density at radius 2 is 1.74 bits per heavy atom. The van der Waals surface area contributed by atoms with Gasteiger partial charge in [-0.3, -0.25) is 9.69 Å². The highest BCUT2D eigenvalue weighted by Gasteiger charge is 2.68. The van der Waals surface area contributed by atoms with Gasteiger partial charge in [0, 0.05) is 65.7 Å². The quantitative estimate of drug-likeness (QED) is 0.318. The van der Waals surface area contributed by atoms with E-state index in [1.807, 2.05) is 24.3 Å². The number of rotatable bonds is 7. The minimum absolute atomic E-state index is 0.0145. The zero-order chi connectivity index (χ0) is 34.3. The molecule has 0 unspecified atom stereocenters. The number of likely N-dealkylation sites (N-methyl/N-ethyl adjacent to an activating group) is 1. The Morgan fingerprint density at radius 1 is 1.04 bits per heavy atom. The summed E-state index contributed by atoms with van der Waals surface area (Å²) in [6.45, 7) is 3.64. The number of nitrogens with one attached hydrogen (secondary N) is 1. The average Bonchev–Trinajstić information content (AvgIpc) is 3.56. The second-order valence-corrected chi connectivity index (χ2v) is 15.4. The number of ether oxygens (including phenoxy) is 2. The van der Waals surface area contributed by atoms with Gasteiger partial charge in [-0.05, 0) is 48.6 Å². The van der Waals surface area contributed by atoms with E-state index in [0.717, 1.165) is 60.1 Å². The lowest BCUT2D eigenvalue weighted by Gasteiger charge is -2.62. The van der Waals surface area contributed by atoms with Crippen LogP contribution in [-0.2, 0) is 31.5 Å². The molecule has 0 bridgehead atoms. The third kappa shape index (κ3) is 4.43.